The first kappa shape index (κ1) is 20.0. The van der Waals surface area contributed by atoms with Crippen LogP contribution < -0.4 is 24.3 Å². The van der Waals surface area contributed by atoms with Gasteiger partial charge in [0.2, 0.25) is 6.79 Å². The summed E-state index contributed by atoms with van der Waals surface area (Å²) in [5.74, 6) is 2.95. The van der Waals surface area contributed by atoms with Crippen LogP contribution in [0.2, 0.25) is 5.02 Å². The fourth-order valence-electron chi connectivity index (χ4n) is 4.18. The molecule has 0 saturated heterocycles. The number of rotatable bonds is 6. The standard InChI is InChI=1S/C25H24ClNO4/c1-28-22-10-17-7-8-27-21(9-18-11-23-25(13-20(18)26)31-15-30-23)19(17)12-24(22)29-14-16-5-3-2-4-6-16/h2-6,10-13,21,27H,7-9,14-15H2,1H3. The Kier molecular flexibility index (Phi) is 5.62. The Bertz CT molecular complexity index is 1090. The highest BCUT2D eigenvalue weighted by molar-refractivity contribution is 6.31. The van der Waals surface area contributed by atoms with Crippen LogP contribution in [0.3, 0.4) is 0 Å². The molecule has 2 aliphatic heterocycles. The van der Waals surface area contributed by atoms with Crippen molar-refractivity contribution in [2.24, 2.45) is 0 Å². The van der Waals surface area contributed by atoms with Crippen LogP contribution in [0.4, 0.5) is 0 Å². The molecule has 2 aliphatic rings. The maximum atomic E-state index is 6.54. The van der Waals surface area contributed by atoms with E-state index in [0.29, 0.717) is 17.4 Å². The van der Waals surface area contributed by atoms with Crippen molar-refractivity contribution in [3.8, 4) is 23.0 Å². The van der Waals surface area contributed by atoms with Crippen LogP contribution in [0.1, 0.15) is 28.3 Å². The van der Waals surface area contributed by atoms with Crippen LogP contribution >= 0.6 is 11.6 Å². The molecule has 0 radical (unpaired) electrons. The second-order valence-corrected chi connectivity index (χ2v) is 8.14. The molecule has 0 aromatic heterocycles. The molecule has 1 atom stereocenters. The smallest absolute Gasteiger partial charge is 0.231 e. The van der Waals surface area contributed by atoms with Gasteiger partial charge in [-0.1, -0.05) is 41.9 Å². The van der Waals surface area contributed by atoms with Gasteiger partial charge in [-0.25, -0.2) is 0 Å². The largest absolute Gasteiger partial charge is 0.493 e. The number of hydrogen-bond donors (Lipinski definition) is 1. The molecule has 0 bridgehead atoms. The fraction of sp³-hybridized carbons (Fsp3) is 0.280. The number of benzene rings is 3. The lowest BCUT2D eigenvalue weighted by Crippen LogP contribution is -2.31. The summed E-state index contributed by atoms with van der Waals surface area (Å²) in [5.41, 5.74) is 4.62. The quantitative estimate of drug-likeness (QED) is 0.582. The molecule has 1 N–H and O–H groups in total. The molecule has 160 valence electrons. The minimum Gasteiger partial charge on any atom is -0.493 e. The van der Waals surface area contributed by atoms with E-state index in [9.17, 15) is 0 Å². The molecule has 0 saturated carbocycles. The zero-order chi connectivity index (χ0) is 21.2. The summed E-state index contributed by atoms with van der Waals surface area (Å²) >= 11 is 6.54. The normalized spacial score (nSPS) is 16.6. The van der Waals surface area contributed by atoms with E-state index in [1.807, 2.05) is 30.3 Å². The van der Waals surface area contributed by atoms with Gasteiger partial charge in [0, 0.05) is 17.1 Å². The van der Waals surface area contributed by atoms with Crippen molar-refractivity contribution >= 4 is 11.6 Å². The van der Waals surface area contributed by atoms with Gasteiger partial charge in [-0.05, 0) is 59.8 Å². The van der Waals surface area contributed by atoms with E-state index in [2.05, 4.69) is 29.6 Å². The molecule has 5 nitrogen and oxygen atoms in total. The van der Waals surface area contributed by atoms with Gasteiger partial charge in [-0.15, -0.1) is 0 Å². The molecule has 6 heteroatoms. The van der Waals surface area contributed by atoms with E-state index >= 15 is 0 Å². The number of methoxy groups -OCH3 is 1. The summed E-state index contributed by atoms with van der Waals surface area (Å²) in [5, 5.41) is 4.32. The van der Waals surface area contributed by atoms with Crippen molar-refractivity contribution in [3.63, 3.8) is 0 Å². The average Bonchev–Trinajstić information content (AvgIpc) is 3.25. The molecular weight excluding hydrogens is 414 g/mol. The molecule has 3 aromatic rings. The van der Waals surface area contributed by atoms with E-state index in [-0.39, 0.29) is 12.8 Å². The van der Waals surface area contributed by atoms with Crippen LogP contribution in [-0.4, -0.2) is 20.4 Å². The number of ether oxygens (including phenoxy) is 4. The third kappa shape index (κ3) is 4.16. The first-order valence-corrected chi connectivity index (χ1v) is 10.8. The van der Waals surface area contributed by atoms with Gasteiger partial charge in [-0.2, -0.15) is 0 Å². The van der Waals surface area contributed by atoms with Gasteiger partial charge in [0.1, 0.15) is 6.61 Å². The maximum absolute atomic E-state index is 6.54. The van der Waals surface area contributed by atoms with Gasteiger partial charge in [0.15, 0.2) is 23.0 Å². The third-order valence-corrected chi connectivity index (χ3v) is 6.14. The molecule has 0 spiro atoms. The van der Waals surface area contributed by atoms with Crippen molar-refractivity contribution < 1.29 is 18.9 Å². The van der Waals surface area contributed by atoms with Gasteiger partial charge < -0.3 is 24.3 Å². The fourth-order valence-corrected chi connectivity index (χ4v) is 4.41. The Morgan fingerprint density at radius 1 is 1.03 bits per heavy atom. The zero-order valence-electron chi connectivity index (χ0n) is 17.3. The molecule has 0 fully saturated rings. The average molecular weight is 438 g/mol. The zero-order valence-corrected chi connectivity index (χ0v) is 18.1. The summed E-state index contributed by atoms with van der Waals surface area (Å²) in [7, 11) is 1.68. The van der Waals surface area contributed by atoms with E-state index in [0.717, 1.165) is 47.8 Å². The van der Waals surface area contributed by atoms with Crippen LogP contribution in [0.25, 0.3) is 0 Å². The highest BCUT2D eigenvalue weighted by atomic mass is 35.5. The first-order chi connectivity index (χ1) is 15.2. The Morgan fingerprint density at radius 2 is 1.84 bits per heavy atom. The molecule has 0 aliphatic carbocycles. The van der Waals surface area contributed by atoms with E-state index in [1.54, 1.807) is 7.11 Å². The summed E-state index contributed by atoms with van der Waals surface area (Å²) in [6, 6.07) is 18.3. The van der Waals surface area contributed by atoms with Crippen molar-refractivity contribution in [2.45, 2.75) is 25.5 Å². The second kappa shape index (κ2) is 8.69. The lowest BCUT2D eigenvalue weighted by molar-refractivity contribution is 0.174. The van der Waals surface area contributed by atoms with Gasteiger partial charge in [-0.3, -0.25) is 0 Å². The molecule has 1 unspecified atom stereocenters. The Balaban J connectivity index is 1.42. The predicted octanol–water partition coefficient (Wildman–Crippen LogP) is 5.09. The van der Waals surface area contributed by atoms with Crippen molar-refractivity contribution in [3.05, 3.63) is 81.9 Å². The summed E-state index contributed by atoms with van der Waals surface area (Å²) in [4.78, 5) is 0. The van der Waals surface area contributed by atoms with Crippen LogP contribution in [0.15, 0.2) is 54.6 Å². The van der Waals surface area contributed by atoms with Crippen LogP contribution in [-0.2, 0) is 19.4 Å². The third-order valence-electron chi connectivity index (χ3n) is 5.79. The lowest BCUT2D eigenvalue weighted by Gasteiger charge is -2.29. The van der Waals surface area contributed by atoms with Crippen molar-refractivity contribution in [1.82, 2.24) is 5.32 Å². The molecule has 3 aromatic carbocycles. The van der Waals surface area contributed by atoms with E-state index in [1.165, 1.54) is 11.1 Å². The van der Waals surface area contributed by atoms with Gasteiger partial charge in [0.25, 0.3) is 0 Å². The number of halogens is 1. The summed E-state index contributed by atoms with van der Waals surface area (Å²) in [6.45, 7) is 1.62. The van der Waals surface area contributed by atoms with Gasteiger partial charge >= 0.3 is 0 Å². The Labute approximate surface area is 186 Å². The first-order valence-electron chi connectivity index (χ1n) is 10.4. The Morgan fingerprint density at radius 3 is 2.65 bits per heavy atom. The number of nitrogens with one attached hydrogen (secondary N) is 1. The summed E-state index contributed by atoms with van der Waals surface area (Å²) < 4.78 is 22.7. The lowest BCUT2D eigenvalue weighted by atomic mass is 9.89. The molecular formula is C25H24ClNO4. The van der Waals surface area contributed by atoms with Crippen molar-refractivity contribution in [1.29, 1.82) is 0 Å². The number of fused-ring (bicyclic) bond motifs is 2. The van der Waals surface area contributed by atoms with Crippen molar-refractivity contribution in [2.75, 3.05) is 20.4 Å². The second-order valence-electron chi connectivity index (χ2n) is 7.73. The number of hydrogen-bond acceptors (Lipinski definition) is 5. The topological polar surface area (TPSA) is 49.0 Å². The van der Waals surface area contributed by atoms with Gasteiger partial charge in [0.05, 0.1) is 7.11 Å². The SMILES string of the molecule is COc1cc2c(cc1OCc1ccccc1)C(Cc1cc3c(cc1Cl)OCO3)NCC2. The predicted molar refractivity (Wildman–Crippen MR) is 119 cm³/mol. The minimum absolute atomic E-state index is 0.117. The van der Waals surface area contributed by atoms with E-state index in [4.69, 9.17) is 30.5 Å². The highest BCUT2D eigenvalue weighted by Gasteiger charge is 2.25. The van der Waals surface area contributed by atoms with Crippen LogP contribution in [0, 0.1) is 0 Å². The minimum atomic E-state index is 0.117. The monoisotopic (exact) mass is 437 g/mol. The van der Waals surface area contributed by atoms with Crippen LogP contribution in [0.5, 0.6) is 23.0 Å². The molecule has 5 rings (SSSR count). The highest BCUT2D eigenvalue weighted by Crippen LogP contribution is 2.40. The maximum Gasteiger partial charge on any atom is 0.231 e. The molecule has 2 heterocycles. The molecule has 31 heavy (non-hydrogen) atoms. The van der Waals surface area contributed by atoms with E-state index < -0.39 is 0 Å². The molecule has 0 amide bonds. The Hall–Kier alpha value is -2.89. The summed E-state index contributed by atoms with van der Waals surface area (Å²) in [6.07, 6.45) is 1.68.